The number of benzene rings is 1. The molecule has 4 rings (SSSR count). The van der Waals surface area contributed by atoms with E-state index in [0.717, 1.165) is 24.1 Å². The van der Waals surface area contributed by atoms with Gasteiger partial charge in [-0.05, 0) is 55.7 Å². The summed E-state index contributed by atoms with van der Waals surface area (Å²) in [6, 6.07) is 11.1. The number of pyridine rings is 1. The van der Waals surface area contributed by atoms with Gasteiger partial charge in [0.25, 0.3) is 0 Å². The van der Waals surface area contributed by atoms with Crippen LogP contribution < -0.4 is 4.72 Å². The number of nitrogens with zero attached hydrogens (tertiary/aromatic N) is 3. The van der Waals surface area contributed by atoms with E-state index in [2.05, 4.69) is 14.4 Å². The highest BCUT2D eigenvalue weighted by Crippen LogP contribution is 2.33. The van der Waals surface area contributed by atoms with Crippen LogP contribution in [-0.2, 0) is 16.6 Å². The number of rotatable bonds is 6. The summed E-state index contributed by atoms with van der Waals surface area (Å²) in [5.41, 5.74) is 3.24. The molecule has 8 heteroatoms. The average molecular weight is 431 g/mol. The van der Waals surface area contributed by atoms with Gasteiger partial charge in [0, 0.05) is 23.0 Å². The summed E-state index contributed by atoms with van der Waals surface area (Å²) in [4.78, 5) is 4.28. The SMILES string of the molecule is Cc1c(Cl)cccc1S(=O)(=O)NCc1cc(-c2ccncc2)n(C2CCCC2)n1. The molecule has 0 atom stereocenters. The third-order valence-electron chi connectivity index (χ3n) is 5.38. The maximum absolute atomic E-state index is 12.8. The third-order valence-corrected chi connectivity index (χ3v) is 7.34. The van der Waals surface area contributed by atoms with Gasteiger partial charge in [-0.1, -0.05) is 30.5 Å². The first-order valence-corrected chi connectivity index (χ1v) is 11.6. The van der Waals surface area contributed by atoms with E-state index in [4.69, 9.17) is 16.7 Å². The van der Waals surface area contributed by atoms with Crippen LogP contribution in [0.1, 0.15) is 43.0 Å². The fourth-order valence-electron chi connectivity index (χ4n) is 3.82. The molecule has 1 N–H and O–H groups in total. The van der Waals surface area contributed by atoms with Crippen molar-refractivity contribution in [3.63, 3.8) is 0 Å². The molecule has 0 unspecified atom stereocenters. The minimum Gasteiger partial charge on any atom is -0.265 e. The Morgan fingerprint density at radius 2 is 1.90 bits per heavy atom. The lowest BCUT2D eigenvalue weighted by Gasteiger charge is -2.14. The largest absolute Gasteiger partial charge is 0.265 e. The van der Waals surface area contributed by atoms with E-state index in [-0.39, 0.29) is 11.4 Å². The van der Waals surface area contributed by atoms with Gasteiger partial charge in [0.1, 0.15) is 0 Å². The van der Waals surface area contributed by atoms with Crippen molar-refractivity contribution in [1.82, 2.24) is 19.5 Å². The summed E-state index contributed by atoms with van der Waals surface area (Å²) >= 11 is 6.09. The molecule has 1 saturated carbocycles. The first kappa shape index (κ1) is 20.1. The van der Waals surface area contributed by atoms with Crippen molar-refractivity contribution >= 4 is 21.6 Å². The molecule has 152 valence electrons. The molecule has 1 aromatic carbocycles. The number of nitrogens with one attached hydrogen (secondary N) is 1. The normalized spacial score (nSPS) is 15.1. The van der Waals surface area contributed by atoms with Crippen molar-refractivity contribution in [1.29, 1.82) is 0 Å². The summed E-state index contributed by atoms with van der Waals surface area (Å²) in [5, 5.41) is 5.18. The zero-order valence-corrected chi connectivity index (χ0v) is 17.7. The Labute approximate surface area is 176 Å². The predicted molar refractivity (Wildman–Crippen MR) is 113 cm³/mol. The second-order valence-corrected chi connectivity index (χ2v) is 9.47. The van der Waals surface area contributed by atoms with Gasteiger partial charge < -0.3 is 0 Å². The van der Waals surface area contributed by atoms with Gasteiger partial charge in [0.15, 0.2) is 0 Å². The van der Waals surface area contributed by atoms with Crippen molar-refractivity contribution in [3.8, 4) is 11.3 Å². The third kappa shape index (κ3) is 4.22. The van der Waals surface area contributed by atoms with Crippen molar-refractivity contribution in [2.24, 2.45) is 0 Å². The maximum atomic E-state index is 12.8. The van der Waals surface area contributed by atoms with Crippen LogP contribution >= 0.6 is 11.6 Å². The van der Waals surface area contributed by atoms with E-state index in [1.54, 1.807) is 37.5 Å². The summed E-state index contributed by atoms with van der Waals surface area (Å²) in [7, 11) is -3.69. The molecule has 1 fully saturated rings. The summed E-state index contributed by atoms with van der Waals surface area (Å²) in [6.07, 6.45) is 8.07. The first-order chi connectivity index (χ1) is 14.0. The van der Waals surface area contributed by atoms with E-state index in [9.17, 15) is 8.42 Å². The van der Waals surface area contributed by atoms with E-state index < -0.39 is 10.0 Å². The fraction of sp³-hybridized carbons (Fsp3) is 0.333. The number of sulfonamides is 1. The Kier molecular flexibility index (Phi) is 5.72. The quantitative estimate of drug-likeness (QED) is 0.624. The van der Waals surface area contributed by atoms with Gasteiger partial charge in [0.2, 0.25) is 10.0 Å². The molecule has 0 aliphatic heterocycles. The van der Waals surface area contributed by atoms with Crippen LogP contribution in [0.5, 0.6) is 0 Å². The number of hydrogen-bond acceptors (Lipinski definition) is 4. The molecule has 29 heavy (non-hydrogen) atoms. The van der Waals surface area contributed by atoms with Crippen LogP contribution in [-0.4, -0.2) is 23.2 Å². The highest BCUT2D eigenvalue weighted by Gasteiger charge is 2.23. The fourth-order valence-corrected chi connectivity index (χ4v) is 5.32. The van der Waals surface area contributed by atoms with Crippen LogP contribution in [0.15, 0.2) is 53.7 Å². The van der Waals surface area contributed by atoms with E-state index in [1.165, 1.54) is 12.8 Å². The second kappa shape index (κ2) is 8.26. The van der Waals surface area contributed by atoms with Crippen LogP contribution in [0, 0.1) is 6.92 Å². The average Bonchev–Trinajstić information content (AvgIpc) is 3.39. The minimum absolute atomic E-state index is 0.117. The van der Waals surface area contributed by atoms with Crippen LogP contribution in [0.4, 0.5) is 0 Å². The molecule has 2 heterocycles. The Morgan fingerprint density at radius 1 is 1.17 bits per heavy atom. The molecule has 0 amide bonds. The number of hydrogen-bond donors (Lipinski definition) is 1. The molecule has 1 aliphatic carbocycles. The van der Waals surface area contributed by atoms with E-state index in [0.29, 0.717) is 22.3 Å². The van der Waals surface area contributed by atoms with Gasteiger partial charge in [-0.2, -0.15) is 5.10 Å². The first-order valence-electron chi connectivity index (χ1n) is 9.69. The molecule has 6 nitrogen and oxygen atoms in total. The van der Waals surface area contributed by atoms with Gasteiger partial charge in [-0.15, -0.1) is 0 Å². The van der Waals surface area contributed by atoms with Crippen LogP contribution in [0.3, 0.4) is 0 Å². The summed E-state index contributed by atoms with van der Waals surface area (Å²) in [6.45, 7) is 1.82. The highest BCUT2D eigenvalue weighted by molar-refractivity contribution is 7.89. The zero-order chi connectivity index (χ0) is 20.4. The molecule has 0 spiro atoms. The lowest BCUT2D eigenvalue weighted by Crippen LogP contribution is -2.24. The Bertz CT molecular complexity index is 1110. The van der Waals surface area contributed by atoms with Gasteiger partial charge in [0.05, 0.1) is 28.9 Å². The Balaban J connectivity index is 1.61. The minimum atomic E-state index is -3.69. The molecule has 2 aromatic heterocycles. The highest BCUT2D eigenvalue weighted by atomic mass is 35.5. The zero-order valence-electron chi connectivity index (χ0n) is 16.2. The standard InChI is InChI=1S/C21H23ClN4O2S/c1-15-19(22)7-4-8-21(15)29(27,28)24-14-17-13-20(16-9-11-23-12-10-16)26(25-17)18-5-2-3-6-18/h4,7-13,18,24H,2-3,5-6,14H2,1H3. The predicted octanol–water partition coefficient (Wildman–Crippen LogP) is 4.50. The Hall–Kier alpha value is -2.22. The smallest absolute Gasteiger partial charge is 0.241 e. The molecule has 3 aromatic rings. The summed E-state index contributed by atoms with van der Waals surface area (Å²) in [5.74, 6) is 0. The van der Waals surface area contributed by atoms with E-state index >= 15 is 0 Å². The van der Waals surface area contributed by atoms with Crippen LogP contribution in [0.2, 0.25) is 5.02 Å². The number of aromatic nitrogens is 3. The van der Waals surface area contributed by atoms with Gasteiger partial charge >= 0.3 is 0 Å². The molecule has 0 bridgehead atoms. The van der Waals surface area contributed by atoms with Crippen molar-refractivity contribution in [3.05, 3.63) is 65.1 Å². The maximum Gasteiger partial charge on any atom is 0.241 e. The monoisotopic (exact) mass is 430 g/mol. The van der Waals surface area contributed by atoms with Crippen molar-refractivity contribution in [2.45, 2.75) is 50.1 Å². The van der Waals surface area contributed by atoms with Gasteiger partial charge in [-0.3, -0.25) is 9.67 Å². The van der Waals surface area contributed by atoms with Crippen molar-refractivity contribution in [2.75, 3.05) is 0 Å². The molecule has 0 radical (unpaired) electrons. The second-order valence-electron chi connectivity index (χ2n) is 7.33. The lowest BCUT2D eigenvalue weighted by molar-refractivity contribution is 0.467. The summed E-state index contributed by atoms with van der Waals surface area (Å²) < 4.78 is 30.3. The van der Waals surface area contributed by atoms with Gasteiger partial charge in [-0.25, -0.2) is 13.1 Å². The molecule has 1 aliphatic rings. The molecule has 0 saturated heterocycles. The van der Waals surface area contributed by atoms with Crippen LogP contribution in [0.25, 0.3) is 11.3 Å². The lowest BCUT2D eigenvalue weighted by atomic mass is 10.1. The molecular formula is C21H23ClN4O2S. The Morgan fingerprint density at radius 3 is 2.62 bits per heavy atom. The topological polar surface area (TPSA) is 76.9 Å². The van der Waals surface area contributed by atoms with E-state index in [1.807, 2.05) is 18.2 Å². The van der Waals surface area contributed by atoms with Crippen molar-refractivity contribution < 1.29 is 8.42 Å². The molecular weight excluding hydrogens is 408 g/mol. The number of halogens is 1.